The molecule has 4 aliphatic rings. The molecule has 0 aromatic heterocycles. The fourth-order valence-corrected chi connectivity index (χ4v) is 4.83. The van der Waals surface area contributed by atoms with Crippen LogP contribution < -0.4 is 25.8 Å². The number of guanidine groups is 2. The van der Waals surface area contributed by atoms with E-state index in [2.05, 4.69) is 4.99 Å². The van der Waals surface area contributed by atoms with E-state index >= 15 is 0 Å². The number of rotatable bonds is 1. The molecule has 2 saturated carbocycles. The largest absolute Gasteiger partial charge is 0.448 e. The summed E-state index contributed by atoms with van der Waals surface area (Å²) < 4.78 is 12.4. The monoisotopic (exact) mass is 355 g/mol. The average Bonchev–Trinajstić information content (AvgIpc) is 3.20. The van der Waals surface area contributed by atoms with E-state index in [0.717, 1.165) is 68.6 Å². The lowest BCUT2D eigenvalue weighted by Gasteiger charge is -2.45. The van der Waals surface area contributed by atoms with Crippen LogP contribution >= 0.6 is 0 Å². The number of anilines is 1. The molecule has 0 atom stereocenters. The van der Waals surface area contributed by atoms with Crippen LogP contribution in [-0.4, -0.2) is 23.4 Å². The number of aliphatic imine (C=N–C) groups is 2. The molecule has 0 bridgehead atoms. The van der Waals surface area contributed by atoms with Crippen molar-refractivity contribution in [1.29, 1.82) is 0 Å². The third-order valence-electron chi connectivity index (χ3n) is 5.99. The maximum Gasteiger partial charge on any atom is 0.251 e. The van der Waals surface area contributed by atoms with Crippen molar-refractivity contribution in [2.24, 2.45) is 21.5 Å². The Morgan fingerprint density at radius 2 is 1.58 bits per heavy atom. The van der Waals surface area contributed by atoms with E-state index < -0.39 is 11.4 Å². The zero-order chi connectivity index (χ0) is 17.8. The Labute approximate surface area is 153 Å². The van der Waals surface area contributed by atoms with Gasteiger partial charge in [0.05, 0.1) is 5.69 Å². The summed E-state index contributed by atoms with van der Waals surface area (Å²) in [6, 6.07) is 6.01. The normalized spacial score (nSPS) is 25.5. The molecule has 2 fully saturated rings. The minimum atomic E-state index is -0.465. The van der Waals surface area contributed by atoms with Crippen molar-refractivity contribution in [1.82, 2.24) is 0 Å². The van der Waals surface area contributed by atoms with E-state index in [1.807, 2.05) is 23.1 Å². The molecule has 4 N–H and O–H groups in total. The zero-order valence-corrected chi connectivity index (χ0v) is 14.9. The van der Waals surface area contributed by atoms with Gasteiger partial charge in [-0.25, -0.2) is 4.99 Å². The van der Waals surface area contributed by atoms with E-state index in [0.29, 0.717) is 5.96 Å². The first-order valence-corrected chi connectivity index (χ1v) is 9.61. The second-order valence-electron chi connectivity index (χ2n) is 7.77. The van der Waals surface area contributed by atoms with Crippen LogP contribution in [0.1, 0.15) is 57.8 Å². The first-order chi connectivity index (χ1) is 12.6. The van der Waals surface area contributed by atoms with E-state index in [1.165, 1.54) is 6.42 Å². The van der Waals surface area contributed by atoms with Crippen molar-refractivity contribution in [3.8, 4) is 11.5 Å². The lowest BCUT2D eigenvalue weighted by molar-refractivity contribution is -0.0716. The van der Waals surface area contributed by atoms with Crippen LogP contribution in [0.5, 0.6) is 11.5 Å². The van der Waals surface area contributed by atoms with Gasteiger partial charge >= 0.3 is 0 Å². The molecule has 7 heteroatoms. The highest BCUT2D eigenvalue weighted by Gasteiger charge is 2.46. The summed E-state index contributed by atoms with van der Waals surface area (Å²) in [4.78, 5) is 11.0. The summed E-state index contributed by atoms with van der Waals surface area (Å²) in [5.74, 6) is 1.79. The highest BCUT2D eigenvalue weighted by molar-refractivity contribution is 6.05. The molecule has 0 unspecified atom stereocenters. The number of nitrogens with zero attached hydrogens (tertiary/aromatic N) is 3. The molecule has 2 aliphatic heterocycles. The topological polar surface area (TPSA) is 98.5 Å². The highest BCUT2D eigenvalue weighted by Crippen LogP contribution is 2.49. The van der Waals surface area contributed by atoms with Crippen LogP contribution in [0.4, 0.5) is 5.69 Å². The van der Waals surface area contributed by atoms with Gasteiger partial charge in [0, 0.05) is 18.9 Å². The predicted octanol–water partition coefficient (Wildman–Crippen LogP) is 2.84. The van der Waals surface area contributed by atoms with Crippen LogP contribution in [0, 0.1) is 0 Å². The Morgan fingerprint density at radius 1 is 0.885 bits per heavy atom. The van der Waals surface area contributed by atoms with Crippen molar-refractivity contribution >= 4 is 17.6 Å². The quantitative estimate of drug-likeness (QED) is 0.807. The average molecular weight is 355 g/mol. The Morgan fingerprint density at radius 3 is 2.35 bits per heavy atom. The first kappa shape index (κ1) is 15.8. The molecular formula is C19H25N5O2. The molecule has 7 nitrogen and oxygen atoms in total. The zero-order valence-electron chi connectivity index (χ0n) is 14.9. The van der Waals surface area contributed by atoms with Crippen LogP contribution in [0.2, 0.25) is 0 Å². The molecule has 0 amide bonds. The summed E-state index contributed by atoms with van der Waals surface area (Å²) in [7, 11) is 0. The van der Waals surface area contributed by atoms with Crippen molar-refractivity contribution in [2.45, 2.75) is 69.2 Å². The molecule has 0 saturated heterocycles. The fraction of sp³-hybridized carbons (Fsp3) is 0.579. The third-order valence-corrected chi connectivity index (χ3v) is 5.99. The first-order valence-electron chi connectivity index (χ1n) is 9.61. The van der Waals surface area contributed by atoms with Gasteiger partial charge in [0.1, 0.15) is 5.66 Å². The third kappa shape index (κ3) is 2.33. The van der Waals surface area contributed by atoms with Crippen LogP contribution in [0.25, 0.3) is 0 Å². The van der Waals surface area contributed by atoms with Crippen molar-refractivity contribution in [2.75, 3.05) is 4.90 Å². The highest BCUT2D eigenvalue weighted by atomic mass is 16.7. The Hall–Kier alpha value is -2.44. The molecule has 138 valence electrons. The maximum atomic E-state index is 6.31. The van der Waals surface area contributed by atoms with Crippen molar-refractivity contribution in [3.63, 3.8) is 0 Å². The van der Waals surface area contributed by atoms with E-state index in [-0.39, 0.29) is 5.96 Å². The SMILES string of the molecule is NC1=NC2(CCCCC2)N(c2ccc3c(c2)OC2(CCCC2)O3)C(N)=N1. The summed E-state index contributed by atoms with van der Waals surface area (Å²) in [5.41, 5.74) is 12.8. The van der Waals surface area contributed by atoms with Gasteiger partial charge < -0.3 is 20.9 Å². The van der Waals surface area contributed by atoms with Gasteiger partial charge in [-0.15, -0.1) is 0 Å². The summed E-state index contributed by atoms with van der Waals surface area (Å²) in [6.45, 7) is 0. The van der Waals surface area contributed by atoms with Gasteiger partial charge in [0.2, 0.25) is 11.9 Å². The Kier molecular flexibility index (Phi) is 3.36. The molecule has 2 spiro atoms. The van der Waals surface area contributed by atoms with Gasteiger partial charge in [-0.3, -0.25) is 4.90 Å². The number of hydrogen-bond acceptors (Lipinski definition) is 7. The van der Waals surface area contributed by atoms with Gasteiger partial charge in [0.15, 0.2) is 11.5 Å². The van der Waals surface area contributed by atoms with E-state index in [4.69, 9.17) is 25.9 Å². The van der Waals surface area contributed by atoms with Gasteiger partial charge in [-0.1, -0.05) is 6.42 Å². The van der Waals surface area contributed by atoms with Crippen LogP contribution in [-0.2, 0) is 0 Å². The molecule has 1 aromatic carbocycles. The summed E-state index contributed by atoms with van der Waals surface area (Å²) in [5, 5.41) is 0. The Bertz CT molecular complexity index is 791. The minimum Gasteiger partial charge on any atom is -0.448 e. The van der Waals surface area contributed by atoms with E-state index in [1.54, 1.807) is 0 Å². The second kappa shape index (κ2) is 5.53. The number of hydrogen-bond donors (Lipinski definition) is 2. The summed E-state index contributed by atoms with van der Waals surface area (Å²) in [6.07, 6.45) is 9.43. The minimum absolute atomic E-state index is 0.270. The number of ether oxygens (including phenoxy) is 2. The number of fused-ring (bicyclic) bond motifs is 1. The van der Waals surface area contributed by atoms with Crippen LogP contribution in [0.15, 0.2) is 28.2 Å². The lowest BCUT2D eigenvalue weighted by Crippen LogP contribution is -2.58. The van der Waals surface area contributed by atoms with Gasteiger partial charge in [-0.05, 0) is 50.7 Å². The van der Waals surface area contributed by atoms with Crippen LogP contribution in [0.3, 0.4) is 0 Å². The van der Waals surface area contributed by atoms with Gasteiger partial charge in [0.25, 0.3) is 5.79 Å². The van der Waals surface area contributed by atoms with E-state index in [9.17, 15) is 0 Å². The Balaban J connectivity index is 1.52. The molecule has 5 rings (SSSR count). The lowest BCUT2D eigenvalue weighted by atomic mass is 9.87. The predicted molar refractivity (Wildman–Crippen MR) is 100 cm³/mol. The molecular weight excluding hydrogens is 330 g/mol. The smallest absolute Gasteiger partial charge is 0.251 e. The van der Waals surface area contributed by atoms with Crippen molar-refractivity contribution in [3.05, 3.63) is 18.2 Å². The maximum absolute atomic E-state index is 6.31. The second-order valence-corrected chi connectivity index (χ2v) is 7.77. The standard InChI is InChI=1S/C19H25N5O2/c20-16-22-17(21)24(18(23-16)8-2-1-3-9-18)13-6-7-14-15(12-13)26-19(25-14)10-4-5-11-19/h6-7,12H,1-5,8-11H2,(H4,20,21,22,23). The fourth-order valence-electron chi connectivity index (χ4n) is 4.83. The molecule has 1 aromatic rings. The number of benzene rings is 1. The molecule has 2 aliphatic carbocycles. The molecule has 0 radical (unpaired) electrons. The molecule has 26 heavy (non-hydrogen) atoms. The number of nitrogens with two attached hydrogens (primary N) is 2. The molecule has 2 heterocycles. The van der Waals surface area contributed by atoms with Gasteiger partial charge in [-0.2, -0.15) is 4.99 Å². The summed E-state index contributed by atoms with van der Waals surface area (Å²) >= 11 is 0. The van der Waals surface area contributed by atoms with Crippen molar-refractivity contribution < 1.29 is 9.47 Å².